The SMILES string of the molecule is CSc1ccc(CN(C)Cn2nc(-c3cccs3)oc2=O)cc1. The van der Waals surface area contributed by atoms with Gasteiger partial charge in [-0.2, -0.15) is 4.68 Å². The van der Waals surface area contributed by atoms with Crippen LogP contribution >= 0.6 is 23.1 Å². The minimum absolute atomic E-state index is 0.378. The highest BCUT2D eigenvalue weighted by molar-refractivity contribution is 7.98. The van der Waals surface area contributed by atoms with Gasteiger partial charge in [0.25, 0.3) is 5.89 Å². The van der Waals surface area contributed by atoms with Crippen LogP contribution in [0.3, 0.4) is 0 Å². The van der Waals surface area contributed by atoms with Gasteiger partial charge in [0.1, 0.15) is 6.67 Å². The Labute approximate surface area is 142 Å². The van der Waals surface area contributed by atoms with E-state index >= 15 is 0 Å². The summed E-state index contributed by atoms with van der Waals surface area (Å²) in [6, 6.07) is 12.2. The number of thiophene rings is 1. The Morgan fingerprint density at radius 1 is 1.30 bits per heavy atom. The van der Waals surface area contributed by atoms with Crippen LogP contribution in [0.2, 0.25) is 0 Å². The minimum Gasteiger partial charge on any atom is -0.387 e. The molecule has 0 unspecified atom stereocenters. The van der Waals surface area contributed by atoms with Crippen molar-refractivity contribution >= 4 is 23.1 Å². The van der Waals surface area contributed by atoms with E-state index in [0.717, 1.165) is 11.4 Å². The molecule has 0 radical (unpaired) electrons. The van der Waals surface area contributed by atoms with Gasteiger partial charge in [0, 0.05) is 11.4 Å². The van der Waals surface area contributed by atoms with Gasteiger partial charge in [-0.1, -0.05) is 18.2 Å². The highest BCUT2D eigenvalue weighted by atomic mass is 32.2. The Bertz CT molecular complexity index is 807. The lowest BCUT2D eigenvalue weighted by atomic mass is 10.2. The van der Waals surface area contributed by atoms with Gasteiger partial charge in [-0.3, -0.25) is 4.90 Å². The maximum absolute atomic E-state index is 11.9. The third-order valence-corrected chi connectivity index (χ3v) is 4.93. The highest BCUT2D eigenvalue weighted by Gasteiger charge is 2.12. The lowest BCUT2D eigenvalue weighted by molar-refractivity contribution is 0.237. The third-order valence-electron chi connectivity index (χ3n) is 3.33. The lowest BCUT2D eigenvalue weighted by Crippen LogP contribution is -2.28. The predicted octanol–water partition coefficient (Wildman–Crippen LogP) is 3.38. The van der Waals surface area contributed by atoms with Crippen LogP contribution in [-0.4, -0.2) is 28.0 Å². The van der Waals surface area contributed by atoms with Gasteiger partial charge in [-0.25, -0.2) is 4.79 Å². The lowest BCUT2D eigenvalue weighted by Gasteiger charge is -2.15. The summed E-state index contributed by atoms with van der Waals surface area (Å²) in [4.78, 5) is 16.0. The number of rotatable bonds is 6. The average molecular weight is 347 g/mol. The molecular formula is C16H17N3O2S2. The van der Waals surface area contributed by atoms with E-state index < -0.39 is 5.76 Å². The predicted molar refractivity (Wildman–Crippen MR) is 93.8 cm³/mol. The molecule has 0 amide bonds. The van der Waals surface area contributed by atoms with E-state index in [4.69, 9.17) is 4.42 Å². The van der Waals surface area contributed by atoms with Crippen molar-refractivity contribution in [2.75, 3.05) is 13.3 Å². The molecule has 120 valence electrons. The molecule has 0 aliphatic rings. The summed E-state index contributed by atoms with van der Waals surface area (Å²) in [6.45, 7) is 1.13. The van der Waals surface area contributed by atoms with Crippen molar-refractivity contribution in [1.29, 1.82) is 0 Å². The molecule has 2 heterocycles. The highest BCUT2D eigenvalue weighted by Crippen LogP contribution is 2.21. The van der Waals surface area contributed by atoms with Gasteiger partial charge < -0.3 is 4.42 Å². The second-order valence-corrected chi connectivity index (χ2v) is 6.98. The molecule has 0 bridgehead atoms. The molecule has 5 nitrogen and oxygen atoms in total. The fourth-order valence-electron chi connectivity index (χ4n) is 2.22. The number of hydrogen-bond acceptors (Lipinski definition) is 6. The Balaban J connectivity index is 1.67. The second kappa shape index (κ2) is 7.16. The van der Waals surface area contributed by atoms with Crippen LogP contribution in [0.4, 0.5) is 0 Å². The fourth-order valence-corrected chi connectivity index (χ4v) is 3.27. The summed E-state index contributed by atoms with van der Waals surface area (Å²) in [5.41, 5.74) is 1.19. The van der Waals surface area contributed by atoms with Crippen LogP contribution in [-0.2, 0) is 13.2 Å². The quantitative estimate of drug-likeness (QED) is 0.640. The Kier molecular flexibility index (Phi) is 5.00. The summed E-state index contributed by atoms with van der Waals surface area (Å²) < 4.78 is 6.57. The zero-order chi connectivity index (χ0) is 16.2. The van der Waals surface area contributed by atoms with Crippen molar-refractivity contribution in [3.05, 3.63) is 57.9 Å². The van der Waals surface area contributed by atoms with E-state index in [1.165, 1.54) is 26.5 Å². The van der Waals surface area contributed by atoms with Crippen molar-refractivity contribution in [3.63, 3.8) is 0 Å². The molecule has 1 aromatic carbocycles. The molecule has 0 aliphatic heterocycles. The number of nitrogens with zero attached hydrogens (tertiary/aromatic N) is 3. The largest absolute Gasteiger partial charge is 0.438 e. The van der Waals surface area contributed by atoms with Gasteiger partial charge in [-0.15, -0.1) is 28.2 Å². The van der Waals surface area contributed by atoms with Gasteiger partial charge in [0.05, 0.1) is 4.88 Å². The molecule has 2 aromatic heterocycles. The normalized spacial score (nSPS) is 11.3. The average Bonchev–Trinajstić information content (AvgIpc) is 3.18. The molecular weight excluding hydrogens is 330 g/mol. The number of thioether (sulfide) groups is 1. The topological polar surface area (TPSA) is 51.3 Å². The van der Waals surface area contributed by atoms with Crippen LogP contribution in [0.15, 0.2) is 55.9 Å². The Morgan fingerprint density at radius 2 is 2.09 bits per heavy atom. The maximum atomic E-state index is 11.9. The van der Waals surface area contributed by atoms with Crippen molar-refractivity contribution in [3.8, 4) is 10.8 Å². The molecule has 0 spiro atoms. The molecule has 23 heavy (non-hydrogen) atoms. The van der Waals surface area contributed by atoms with Crippen molar-refractivity contribution in [1.82, 2.24) is 14.7 Å². The van der Waals surface area contributed by atoms with Gasteiger partial charge in [0.15, 0.2) is 0 Å². The molecule has 0 saturated heterocycles. The van der Waals surface area contributed by atoms with Crippen LogP contribution < -0.4 is 5.76 Å². The number of hydrogen-bond donors (Lipinski definition) is 0. The van der Waals surface area contributed by atoms with E-state index in [-0.39, 0.29) is 0 Å². The zero-order valence-electron chi connectivity index (χ0n) is 12.9. The first-order valence-corrected chi connectivity index (χ1v) is 9.19. The van der Waals surface area contributed by atoms with E-state index in [2.05, 4.69) is 35.6 Å². The Morgan fingerprint density at radius 3 is 2.74 bits per heavy atom. The van der Waals surface area contributed by atoms with Crippen molar-refractivity contribution in [2.24, 2.45) is 0 Å². The van der Waals surface area contributed by atoms with Crippen molar-refractivity contribution in [2.45, 2.75) is 18.1 Å². The van der Waals surface area contributed by atoms with Crippen LogP contribution in [0.5, 0.6) is 0 Å². The van der Waals surface area contributed by atoms with E-state index in [9.17, 15) is 4.79 Å². The first-order chi connectivity index (χ1) is 11.2. The maximum Gasteiger partial charge on any atom is 0.438 e. The fraction of sp³-hybridized carbons (Fsp3) is 0.250. The smallest absolute Gasteiger partial charge is 0.387 e. The molecule has 0 atom stereocenters. The standard InChI is InChI=1S/C16H17N3O2S2/c1-18(10-12-5-7-13(22-2)8-6-12)11-19-16(20)21-15(17-19)14-4-3-9-23-14/h3-9H,10-11H2,1-2H3. The van der Waals surface area contributed by atoms with Gasteiger partial charge >= 0.3 is 5.76 Å². The molecule has 0 aliphatic carbocycles. The third kappa shape index (κ3) is 3.93. The molecule has 3 rings (SSSR count). The molecule has 3 aromatic rings. The van der Waals surface area contributed by atoms with Crippen molar-refractivity contribution < 1.29 is 4.42 Å². The van der Waals surface area contributed by atoms with Crippen LogP contribution in [0.1, 0.15) is 5.56 Å². The number of aromatic nitrogens is 2. The summed E-state index contributed by atoms with van der Waals surface area (Å²) >= 11 is 3.22. The molecule has 0 fully saturated rings. The summed E-state index contributed by atoms with van der Waals surface area (Å²) in [5.74, 6) is -0.0549. The molecule has 0 N–H and O–H groups in total. The zero-order valence-corrected chi connectivity index (χ0v) is 14.6. The Hall–Kier alpha value is -1.83. The molecule has 0 saturated carbocycles. The summed E-state index contributed by atoms with van der Waals surface area (Å²) in [6.07, 6.45) is 2.06. The van der Waals surface area contributed by atoms with E-state index in [0.29, 0.717) is 12.6 Å². The first kappa shape index (κ1) is 16.0. The van der Waals surface area contributed by atoms with E-state index in [1.54, 1.807) is 11.8 Å². The van der Waals surface area contributed by atoms with Gasteiger partial charge in [0.2, 0.25) is 0 Å². The van der Waals surface area contributed by atoms with Crippen LogP contribution in [0.25, 0.3) is 10.8 Å². The first-order valence-electron chi connectivity index (χ1n) is 7.09. The summed E-state index contributed by atoms with van der Waals surface area (Å²) in [5, 5.41) is 6.19. The van der Waals surface area contributed by atoms with E-state index in [1.807, 2.05) is 29.5 Å². The van der Waals surface area contributed by atoms with Crippen LogP contribution in [0, 0.1) is 0 Å². The second-order valence-electron chi connectivity index (χ2n) is 5.15. The number of benzene rings is 1. The van der Waals surface area contributed by atoms with Gasteiger partial charge in [-0.05, 0) is 42.4 Å². The minimum atomic E-state index is -0.432. The monoisotopic (exact) mass is 347 g/mol. The summed E-state index contributed by atoms with van der Waals surface area (Å²) in [7, 11) is 1.95. The molecule has 7 heteroatoms.